The molecule has 30 heavy (non-hydrogen) atoms. The molecule has 2 aromatic rings. The van der Waals surface area contributed by atoms with Crippen molar-refractivity contribution in [1.29, 1.82) is 0 Å². The predicted molar refractivity (Wildman–Crippen MR) is 114 cm³/mol. The first-order valence-electron chi connectivity index (χ1n) is 11.1. The zero-order chi connectivity index (χ0) is 21.1. The van der Waals surface area contributed by atoms with E-state index in [4.69, 9.17) is 0 Å². The van der Waals surface area contributed by atoms with E-state index in [1.807, 2.05) is 6.07 Å². The summed E-state index contributed by atoms with van der Waals surface area (Å²) in [6.07, 6.45) is -0.544. The van der Waals surface area contributed by atoms with Gasteiger partial charge in [0.15, 0.2) is 0 Å². The maximum Gasteiger partial charge on any atom is 0.416 e. The fourth-order valence-corrected chi connectivity index (χ4v) is 5.14. The fourth-order valence-electron chi connectivity index (χ4n) is 5.14. The van der Waals surface area contributed by atoms with Gasteiger partial charge in [0.25, 0.3) is 0 Å². The average molecular weight is 417 g/mol. The Labute approximate surface area is 177 Å². The molecule has 4 rings (SSSR count). The highest BCUT2D eigenvalue weighted by Crippen LogP contribution is 2.37. The molecule has 0 radical (unpaired) electrons. The number of hydrogen-bond acceptors (Lipinski definition) is 2. The van der Waals surface area contributed by atoms with Crippen LogP contribution in [0.25, 0.3) is 0 Å². The van der Waals surface area contributed by atoms with E-state index in [2.05, 4.69) is 41.0 Å². The molecular formula is C25H31F3N2. The minimum absolute atomic E-state index is 0.138. The molecular weight excluding hydrogens is 385 g/mol. The number of likely N-dealkylation sites (tertiary alicyclic amines) is 2. The van der Waals surface area contributed by atoms with Crippen molar-refractivity contribution in [2.24, 2.45) is 5.92 Å². The molecule has 0 aromatic heterocycles. The number of benzene rings is 2. The second-order valence-corrected chi connectivity index (χ2v) is 9.03. The van der Waals surface area contributed by atoms with E-state index < -0.39 is 11.7 Å². The minimum Gasteiger partial charge on any atom is -0.303 e. The number of halogens is 3. The summed E-state index contributed by atoms with van der Waals surface area (Å²) in [5.74, 6) is 0.496. The first-order chi connectivity index (χ1) is 14.4. The molecule has 0 N–H and O–H groups in total. The summed E-state index contributed by atoms with van der Waals surface area (Å²) in [4.78, 5) is 4.94. The molecule has 2 heterocycles. The zero-order valence-electron chi connectivity index (χ0n) is 17.7. The van der Waals surface area contributed by atoms with Gasteiger partial charge < -0.3 is 4.90 Å². The first-order valence-corrected chi connectivity index (χ1v) is 11.1. The van der Waals surface area contributed by atoms with Crippen LogP contribution in [0.1, 0.15) is 47.4 Å². The second-order valence-electron chi connectivity index (χ2n) is 9.03. The Morgan fingerprint density at radius 3 is 2.40 bits per heavy atom. The van der Waals surface area contributed by atoms with Crippen LogP contribution in [0.5, 0.6) is 0 Å². The summed E-state index contributed by atoms with van der Waals surface area (Å²) >= 11 is 0. The summed E-state index contributed by atoms with van der Waals surface area (Å²) in [7, 11) is 0. The maximum atomic E-state index is 13.3. The standard InChI is InChI=1S/C25H31F3N2/c1-19-7-5-8-20(13-19)15-30-17-22(16-29-11-3-2-4-12-29)24(18-30)21-9-6-10-23(14-21)25(26,27)28/h5-10,13-14,22,24H,2-4,11-12,15-18H2,1H3/t22-,24+/m1/s1. The first kappa shape index (κ1) is 21.4. The lowest BCUT2D eigenvalue weighted by Crippen LogP contribution is -2.36. The number of aryl methyl sites for hydroxylation is 1. The largest absolute Gasteiger partial charge is 0.416 e. The SMILES string of the molecule is Cc1cccc(CN2C[C@@H](CN3CCCCC3)[C@H](c3cccc(C(F)(F)F)c3)C2)c1. The molecule has 162 valence electrons. The Bertz CT molecular complexity index is 842. The van der Waals surface area contributed by atoms with Crippen LogP contribution in [0.2, 0.25) is 0 Å². The zero-order valence-corrected chi connectivity index (χ0v) is 17.7. The number of nitrogens with zero attached hydrogens (tertiary/aromatic N) is 2. The fraction of sp³-hybridized carbons (Fsp3) is 0.520. The molecule has 2 aliphatic rings. The molecule has 0 aliphatic carbocycles. The van der Waals surface area contributed by atoms with Crippen LogP contribution in [0, 0.1) is 12.8 Å². The van der Waals surface area contributed by atoms with E-state index in [1.54, 1.807) is 6.07 Å². The molecule has 2 aliphatic heterocycles. The van der Waals surface area contributed by atoms with Gasteiger partial charge in [-0.1, -0.05) is 54.4 Å². The van der Waals surface area contributed by atoms with Crippen LogP contribution < -0.4 is 0 Å². The van der Waals surface area contributed by atoms with Crippen LogP contribution in [0.4, 0.5) is 13.2 Å². The summed E-state index contributed by atoms with van der Waals surface area (Å²) in [6, 6.07) is 14.5. The molecule has 0 bridgehead atoms. The Morgan fingerprint density at radius 2 is 1.67 bits per heavy atom. The molecule has 5 heteroatoms. The Morgan fingerprint density at radius 1 is 0.900 bits per heavy atom. The molecule has 2 nitrogen and oxygen atoms in total. The van der Waals surface area contributed by atoms with Crippen molar-refractivity contribution in [1.82, 2.24) is 9.80 Å². The molecule has 0 amide bonds. The molecule has 0 saturated carbocycles. The monoisotopic (exact) mass is 416 g/mol. The van der Waals surface area contributed by atoms with Gasteiger partial charge in [0, 0.05) is 32.1 Å². The van der Waals surface area contributed by atoms with Crippen LogP contribution in [-0.4, -0.2) is 42.5 Å². The van der Waals surface area contributed by atoms with Crippen LogP contribution in [0.3, 0.4) is 0 Å². The van der Waals surface area contributed by atoms with Gasteiger partial charge in [0.1, 0.15) is 0 Å². The van der Waals surface area contributed by atoms with E-state index in [1.165, 1.54) is 42.5 Å². The Hall–Kier alpha value is -1.85. The number of rotatable bonds is 5. The normalized spacial score (nSPS) is 23.7. The molecule has 2 saturated heterocycles. The Balaban J connectivity index is 1.55. The molecule has 2 fully saturated rings. The molecule has 0 spiro atoms. The smallest absolute Gasteiger partial charge is 0.303 e. The van der Waals surface area contributed by atoms with Crippen molar-refractivity contribution in [2.75, 3.05) is 32.7 Å². The highest BCUT2D eigenvalue weighted by Gasteiger charge is 2.37. The predicted octanol–water partition coefficient (Wildman–Crippen LogP) is 5.72. The summed E-state index contributed by atoms with van der Waals surface area (Å²) in [6.45, 7) is 7.91. The summed E-state index contributed by atoms with van der Waals surface area (Å²) < 4.78 is 39.9. The summed E-state index contributed by atoms with van der Waals surface area (Å²) in [5, 5.41) is 0. The number of piperidine rings is 1. The van der Waals surface area contributed by atoms with Crippen molar-refractivity contribution in [3.63, 3.8) is 0 Å². The molecule has 2 atom stereocenters. The van der Waals surface area contributed by atoms with Crippen molar-refractivity contribution in [2.45, 2.75) is 44.8 Å². The van der Waals surface area contributed by atoms with Gasteiger partial charge >= 0.3 is 6.18 Å². The van der Waals surface area contributed by atoms with E-state index in [0.717, 1.165) is 44.8 Å². The lowest BCUT2D eigenvalue weighted by atomic mass is 9.87. The van der Waals surface area contributed by atoms with Crippen molar-refractivity contribution in [3.05, 3.63) is 70.8 Å². The third-order valence-corrected chi connectivity index (χ3v) is 6.59. The number of alkyl halides is 3. The highest BCUT2D eigenvalue weighted by atomic mass is 19.4. The average Bonchev–Trinajstić information content (AvgIpc) is 3.10. The quantitative estimate of drug-likeness (QED) is 0.616. The Kier molecular flexibility index (Phi) is 6.49. The lowest BCUT2D eigenvalue weighted by Gasteiger charge is -2.31. The third kappa shape index (κ3) is 5.25. The minimum atomic E-state index is -4.29. The van der Waals surface area contributed by atoms with Crippen LogP contribution >= 0.6 is 0 Å². The topological polar surface area (TPSA) is 6.48 Å². The van der Waals surface area contributed by atoms with Gasteiger partial charge in [-0.25, -0.2) is 0 Å². The van der Waals surface area contributed by atoms with E-state index in [-0.39, 0.29) is 5.92 Å². The third-order valence-electron chi connectivity index (χ3n) is 6.59. The van der Waals surface area contributed by atoms with E-state index >= 15 is 0 Å². The molecule has 0 unspecified atom stereocenters. The van der Waals surface area contributed by atoms with Gasteiger partial charge in [-0.15, -0.1) is 0 Å². The van der Waals surface area contributed by atoms with E-state index in [0.29, 0.717) is 5.92 Å². The van der Waals surface area contributed by atoms with Crippen LogP contribution in [-0.2, 0) is 12.7 Å². The molecule has 2 aromatic carbocycles. The van der Waals surface area contributed by atoms with Crippen molar-refractivity contribution < 1.29 is 13.2 Å². The van der Waals surface area contributed by atoms with Gasteiger partial charge in [0.2, 0.25) is 0 Å². The van der Waals surface area contributed by atoms with Crippen LogP contribution in [0.15, 0.2) is 48.5 Å². The van der Waals surface area contributed by atoms with Gasteiger partial charge in [-0.2, -0.15) is 13.2 Å². The van der Waals surface area contributed by atoms with Gasteiger partial charge in [0.05, 0.1) is 5.56 Å². The lowest BCUT2D eigenvalue weighted by molar-refractivity contribution is -0.137. The second kappa shape index (κ2) is 9.11. The number of hydrogen-bond donors (Lipinski definition) is 0. The van der Waals surface area contributed by atoms with Gasteiger partial charge in [-0.05, 0) is 56.0 Å². The summed E-state index contributed by atoms with van der Waals surface area (Å²) in [5.41, 5.74) is 2.81. The van der Waals surface area contributed by atoms with Crippen molar-refractivity contribution in [3.8, 4) is 0 Å². The van der Waals surface area contributed by atoms with Crippen molar-refractivity contribution >= 4 is 0 Å². The maximum absolute atomic E-state index is 13.3. The van der Waals surface area contributed by atoms with E-state index in [9.17, 15) is 13.2 Å². The van der Waals surface area contributed by atoms with Gasteiger partial charge in [-0.3, -0.25) is 4.90 Å². The highest BCUT2D eigenvalue weighted by molar-refractivity contribution is 5.30.